The van der Waals surface area contributed by atoms with Gasteiger partial charge < -0.3 is 15.7 Å². The molecule has 6 nitrogen and oxygen atoms in total. The standard InChI is InChI=1S/C15H15N3O3S/c1-10-4-2-3-5-11(10)9-16-15(22)17-12-6-7-14(19)13(8-12)18(20)21/h2-8,19H,9H2,1H3,(H2,16,17,22). The number of benzene rings is 2. The van der Waals surface area contributed by atoms with E-state index in [1.807, 2.05) is 31.2 Å². The highest BCUT2D eigenvalue weighted by molar-refractivity contribution is 7.80. The topological polar surface area (TPSA) is 87.4 Å². The number of aryl methyl sites for hydroxylation is 1. The van der Waals surface area contributed by atoms with Crippen molar-refractivity contribution in [3.05, 3.63) is 63.7 Å². The molecule has 0 fully saturated rings. The number of hydrogen-bond acceptors (Lipinski definition) is 4. The highest BCUT2D eigenvalue weighted by Gasteiger charge is 2.13. The molecule has 0 aliphatic rings. The van der Waals surface area contributed by atoms with E-state index >= 15 is 0 Å². The Hall–Kier alpha value is -2.67. The van der Waals surface area contributed by atoms with Gasteiger partial charge in [0, 0.05) is 18.3 Å². The smallest absolute Gasteiger partial charge is 0.312 e. The van der Waals surface area contributed by atoms with Gasteiger partial charge in [-0.1, -0.05) is 24.3 Å². The summed E-state index contributed by atoms with van der Waals surface area (Å²) in [7, 11) is 0. The van der Waals surface area contributed by atoms with Gasteiger partial charge in [0.15, 0.2) is 10.9 Å². The molecule has 3 N–H and O–H groups in total. The van der Waals surface area contributed by atoms with Crippen molar-refractivity contribution in [3.8, 4) is 5.75 Å². The number of anilines is 1. The number of aromatic hydroxyl groups is 1. The van der Waals surface area contributed by atoms with Gasteiger partial charge in [-0.05, 0) is 42.4 Å². The van der Waals surface area contributed by atoms with Crippen LogP contribution < -0.4 is 10.6 Å². The first-order valence-corrected chi connectivity index (χ1v) is 6.95. The van der Waals surface area contributed by atoms with E-state index in [2.05, 4.69) is 10.6 Å². The van der Waals surface area contributed by atoms with Gasteiger partial charge in [-0.15, -0.1) is 0 Å². The fraction of sp³-hybridized carbons (Fsp3) is 0.133. The number of rotatable bonds is 4. The van der Waals surface area contributed by atoms with E-state index in [1.165, 1.54) is 18.2 Å². The van der Waals surface area contributed by atoms with Crippen LogP contribution in [0.2, 0.25) is 0 Å². The Kier molecular flexibility index (Phi) is 4.90. The molecule has 2 aromatic carbocycles. The molecule has 0 radical (unpaired) electrons. The number of nitro groups is 1. The van der Waals surface area contributed by atoms with Crippen molar-refractivity contribution in [3.63, 3.8) is 0 Å². The second-order valence-corrected chi connectivity index (χ2v) is 5.10. The monoisotopic (exact) mass is 317 g/mol. The third-order valence-corrected chi connectivity index (χ3v) is 3.38. The molecule has 0 aliphatic heterocycles. The van der Waals surface area contributed by atoms with Crippen molar-refractivity contribution < 1.29 is 10.0 Å². The number of phenolic OH excluding ortho intramolecular Hbond substituents is 1. The molecule has 2 rings (SSSR count). The van der Waals surface area contributed by atoms with Crippen LogP contribution in [0.1, 0.15) is 11.1 Å². The fourth-order valence-corrected chi connectivity index (χ4v) is 2.10. The zero-order valence-electron chi connectivity index (χ0n) is 11.9. The summed E-state index contributed by atoms with van der Waals surface area (Å²) in [5.41, 5.74) is 2.33. The Bertz CT molecular complexity index is 719. The predicted molar refractivity (Wildman–Crippen MR) is 89.0 cm³/mol. The SMILES string of the molecule is Cc1ccccc1CNC(=S)Nc1ccc(O)c([N+](=O)[O-])c1. The van der Waals surface area contributed by atoms with Crippen LogP contribution in [0.5, 0.6) is 5.75 Å². The van der Waals surface area contributed by atoms with E-state index in [1.54, 1.807) is 0 Å². The molecule has 0 unspecified atom stereocenters. The summed E-state index contributed by atoms with van der Waals surface area (Å²) in [5, 5.41) is 26.4. The fourth-order valence-electron chi connectivity index (χ4n) is 1.91. The number of nitro benzene ring substituents is 1. The van der Waals surface area contributed by atoms with Crippen molar-refractivity contribution in [1.82, 2.24) is 5.32 Å². The zero-order chi connectivity index (χ0) is 16.1. The lowest BCUT2D eigenvalue weighted by molar-refractivity contribution is -0.385. The predicted octanol–water partition coefficient (Wildman–Crippen LogP) is 3.10. The maximum absolute atomic E-state index is 10.8. The van der Waals surface area contributed by atoms with Gasteiger partial charge >= 0.3 is 5.69 Å². The summed E-state index contributed by atoms with van der Waals surface area (Å²) in [4.78, 5) is 10.1. The number of nitrogens with one attached hydrogen (secondary N) is 2. The van der Waals surface area contributed by atoms with Crippen LogP contribution in [-0.4, -0.2) is 15.1 Å². The third kappa shape index (κ3) is 3.92. The number of thiocarbonyl (C=S) groups is 1. The lowest BCUT2D eigenvalue weighted by Gasteiger charge is -2.12. The quantitative estimate of drug-likeness (QED) is 0.348. The molecule has 0 heterocycles. The van der Waals surface area contributed by atoms with E-state index < -0.39 is 4.92 Å². The highest BCUT2D eigenvalue weighted by Crippen LogP contribution is 2.28. The summed E-state index contributed by atoms with van der Waals surface area (Å²) >= 11 is 5.17. The van der Waals surface area contributed by atoms with Crippen molar-refractivity contribution >= 4 is 28.7 Å². The summed E-state index contributed by atoms with van der Waals surface area (Å²) in [6.45, 7) is 2.56. The van der Waals surface area contributed by atoms with Gasteiger partial charge in [-0.2, -0.15) is 0 Å². The van der Waals surface area contributed by atoms with Gasteiger partial charge in [0.05, 0.1) is 4.92 Å². The molecular formula is C15H15N3O3S. The minimum Gasteiger partial charge on any atom is -0.502 e. The maximum atomic E-state index is 10.8. The summed E-state index contributed by atoms with van der Waals surface area (Å²) in [6, 6.07) is 11.9. The lowest BCUT2D eigenvalue weighted by atomic mass is 10.1. The number of phenols is 1. The molecule has 0 bridgehead atoms. The van der Waals surface area contributed by atoms with Crippen molar-refractivity contribution in [2.75, 3.05) is 5.32 Å². The largest absolute Gasteiger partial charge is 0.502 e. The van der Waals surface area contributed by atoms with Crippen LogP contribution in [0.4, 0.5) is 11.4 Å². The van der Waals surface area contributed by atoms with Gasteiger partial charge in [-0.25, -0.2) is 0 Å². The Morgan fingerprint density at radius 1 is 1.32 bits per heavy atom. The second kappa shape index (κ2) is 6.86. The molecule has 0 saturated carbocycles. The molecule has 0 amide bonds. The van der Waals surface area contributed by atoms with Crippen LogP contribution in [0.25, 0.3) is 0 Å². The molecule has 2 aromatic rings. The summed E-state index contributed by atoms with van der Waals surface area (Å²) in [6.07, 6.45) is 0. The van der Waals surface area contributed by atoms with Crippen LogP contribution in [-0.2, 0) is 6.54 Å². The molecule has 0 spiro atoms. The molecule has 0 atom stereocenters. The van der Waals surface area contributed by atoms with E-state index in [9.17, 15) is 15.2 Å². The molecule has 0 saturated heterocycles. The minimum absolute atomic E-state index is 0.350. The Morgan fingerprint density at radius 3 is 2.73 bits per heavy atom. The normalized spacial score (nSPS) is 10.0. The summed E-state index contributed by atoms with van der Waals surface area (Å²) in [5.74, 6) is -0.380. The van der Waals surface area contributed by atoms with E-state index in [0.29, 0.717) is 17.3 Å². The van der Waals surface area contributed by atoms with Gasteiger partial charge in [0.25, 0.3) is 0 Å². The van der Waals surface area contributed by atoms with Gasteiger partial charge in [0.1, 0.15) is 0 Å². The molecule has 0 aliphatic carbocycles. The Morgan fingerprint density at radius 2 is 2.05 bits per heavy atom. The maximum Gasteiger partial charge on any atom is 0.312 e. The zero-order valence-corrected chi connectivity index (χ0v) is 12.7. The first-order valence-electron chi connectivity index (χ1n) is 6.54. The molecule has 114 valence electrons. The summed E-state index contributed by atoms with van der Waals surface area (Å²) < 4.78 is 0. The van der Waals surface area contributed by atoms with E-state index in [0.717, 1.165) is 11.1 Å². The van der Waals surface area contributed by atoms with Crippen LogP contribution in [0.15, 0.2) is 42.5 Å². The number of hydrogen-bond donors (Lipinski definition) is 3. The molecular weight excluding hydrogens is 302 g/mol. The van der Waals surface area contributed by atoms with Crippen molar-refractivity contribution in [1.29, 1.82) is 0 Å². The Balaban J connectivity index is 1.99. The third-order valence-electron chi connectivity index (χ3n) is 3.13. The van der Waals surface area contributed by atoms with E-state index in [-0.39, 0.29) is 11.4 Å². The first kappa shape index (κ1) is 15.7. The second-order valence-electron chi connectivity index (χ2n) is 4.69. The number of nitrogens with zero attached hydrogens (tertiary/aromatic N) is 1. The molecule has 22 heavy (non-hydrogen) atoms. The molecule has 0 aromatic heterocycles. The van der Waals surface area contributed by atoms with Crippen LogP contribution in [0.3, 0.4) is 0 Å². The van der Waals surface area contributed by atoms with Gasteiger partial charge in [-0.3, -0.25) is 10.1 Å². The molecule has 7 heteroatoms. The minimum atomic E-state index is -0.648. The van der Waals surface area contributed by atoms with Crippen molar-refractivity contribution in [2.24, 2.45) is 0 Å². The Labute approximate surface area is 132 Å². The average Bonchev–Trinajstić information content (AvgIpc) is 2.48. The van der Waals surface area contributed by atoms with Gasteiger partial charge in [0.2, 0.25) is 0 Å². The van der Waals surface area contributed by atoms with Crippen molar-refractivity contribution in [2.45, 2.75) is 13.5 Å². The lowest BCUT2D eigenvalue weighted by Crippen LogP contribution is -2.28. The average molecular weight is 317 g/mol. The highest BCUT2D eigenvalue weighted by atomic mass is 32.1. The van der Waals surface area contributed by atoms with Crippen LogP contribution >= 0.6 is 12.2 Å². The van der Waals surface area contributed by atoms with E-state index in [4.69, 9.17) is 12.2 Å². The van der Waals surface area contributed by atoms with Crippen LogP contribution in [0, 0.1) is 17.0 Å². The first-order chi connectivity index (χ1) is 10.5.